The van der Waals surface area contributed by atoms with Crippen LogP contribution in [0.5, 0.6) is 0 Å². The van der Waals surface area contributed by atoms with Gasteiger partial charge in [0, 0.05) is 5.69 Å². The van der Waals surface area contributed by atoms with Gasteiger partial charge in [0.25, 0.3) is 0 Å². The molecule has 108 valence electrons. The van der Waals surface area contributed by atoms with Crippen molar-refractivity contribution in [3.05, 3.63) is 29.8 Å². The van der Waals surface area contributed by atoms with Gasteiger partial charge in [-0.15, -0.1) is 0 Å². The molecule has 0 saturated heterocycles. The van der Waals surface area contributed by atoms with E-state index in [-0.39, 0.29) is 12.1 Å². The summed E-state index contributed by atoms with van der Waals surface area (Å²) in [5.74, 6) is -0.368. The van der Waals surface area contributed by atoms with Crippen molar-refractivity contribution in [2.24, 2.45) is 0 Å². The van der Waals surface area contributed by atoms with Gasteiger partial charge in [0.15, 0.2) is 0 Å². The third kappa shape index (κ3) is 3.98. The lowest BCUT2D eigenvalue weighted by atomic mass is 10.2. The van der Waals surface area contributed by atoms with Crippen LogP contribution in [0.2, 0.25) is 0 Å². The average Bonchev–Trinajstić information content (AvgIpc) is 2.92. The summed E-state index contributed by atoms with van der Waals surface area (Å²) in [6.07, 6.45) is 3.71. The number of ether oxygens (including phenoxy) is 2. The van der Waals surface area contributed by atoms with Gasteiger partial charge in [0.1, 0.15) is 6.10 Å². The van der Waals surface area contributed by atoms with Crippen molar-refractivity contribution in [2.45, 2.75) is 38.7 Å². The number of rotatable bonds is 4. The first-order valence-electron chi connectivity index (χ1n) is 6.94. The van der Waals surface area contributed by atoms with E-state index in [1.54, 1.807) is 31.2 Å². The normalized spacial score (nSPS) is 14.8. The summed E-state index contributed by atoms with van der Waals surface area (Å²) in [4.78, 5) is 23.1. The van der Waals surface area contributed by atoms with E-state index < -0.39 is 6.09 Å². The number of esters is 1. The second-order valence-corrected chi connectivity index (χ2v) is 4.73. The number of anilines is 1. The molecule has 5 heteroatoms. The molecule has 1 aliphatic rings. The van der Waals surface area contributed by atoms with Crippen molar-refractivity contribution in [3.63, 3.8) is 0 Å². The molecule has 0 aromatic heterocycles. The van der Waals surface area contributed by atoms with E-state index in [1.807, 2.05) is 0 Å². The highest BCUT2D eigenvalue weighted by Gasteiger charge is 2.19. The maximum Gasteiger partial charge on any atom is 0.411 e. The van der Waals surface area contributed by atoms with Gasteiger partial charge in [0.05, 0.1) is 12.2 Å². The Hall–Kier alpha value is -2.04. The third-order valence-electron chi connectivity index (χ3n) is 3.22. The second-order valence-electron chi connectivity index (χ2n) is 4.73. The number of nitrogens with one attached hydrogen (secondary N) is 1. The van der Waals surface area contributed by atoms with Crippen molar-refractivity contribution in [3.8, 4) is 0 Å². The predicted molar refractivity (Wildman–Crippen MR) is 74.8 cm³/mol. The van der Waals surface area contributed by atoms with Crippen LogP contribution in [0.25, 0.3) is 0 Å². The fraction of sp³-hybridized carbons (Fsp3) is 0.467. The largest absolute Gasteiger partial charge is 0.462 e. The van der Waals surface area contributed by atoms with Gasteiger partial charge in [-0.1, -0.05) is 0 Å². The Morgan fingerprint density at radius 3 is 2.45 bits per heavy atom. The maximum atomic E-state index is 11.7. The van der Waals surface area contributed by atoms with E-state index >= 15 is 0 Å². The van der Waals surface area contributed by atoms with E-state index in [9.17, 15) is 9.59 Å². The molecule has 0 heterocycles. The van der Waals surface area contributed by atoms with Crippen molar-refractivity contribution in [1.29, 1.82) is 0 Å². The number of carbonyl (C=O) groups excluding carboxylic acids is 2. The molecule has 0 unspecified atom stereocenters. The molecule has 20 heavy (non-hydrogen) atoms. The molecule has 0 aliphatic heterocycles. The van der Waals surface area contributed by atoms with Crippen molar-refractivity contribution in [1.82, 2.24) is 0 Å². The molecule has 1 aromatic rings. The van der Waals surface area contributed by atoms with Gasteiger partial charge in [-0.3, -0.25) is 5.32 Å². The van der Waals surface area contributed by atoms with E-state index in [2.05, 4.69) is 5.32 Å². The molecule has 0 radical (unpaired) electrons. The van der Waals surface area contributed by atoms with Crippen LogP contribution in [0.4, 0.5) is 10.5 Å². The standard InChI is InChI=1S/C15H19NO4/c1-2-19-14(17)11-7-9-12(10-8-11)16-15(18)20-13-5-3-4-6-13/h7-10,13H,2-6H2,1H3,(H,16,18). The quantitative estimate of drug-likeness (QED) is 0.857. The van der Waals surface area contributed by atoms with Crippen molar-refractivity contribution in [2.75, 3.05) is 11.9 Å². The van der Waals surface area contributed by atoms with Crippen molar-refractivity contribution >= 4 is 17.7 Å². The molecule has 1 fully saturated rings. The SMILES string of the molecule is CCOC(=O)c1ccc(NC(=O)OC2CCCC2)cc1. The van der Waals surface area contributed by atoms with E-state index in [1.165, 1.54) is 0 Å². The molecule has 1 aliphatic carbocycles. The van der Waals surface area contributed by atoms with Crippen LogP contribution in [0.1, 0.15) is 43.0 Å². The van der Waals surface area contributed by atoms with Gasteiger partial charge < -0.3 is 9.47 Å². The van der Waals surface area contributed by atoms with Crippen LogP contribution in [0.3, 0.4) is 0 Å². The highest BCUT2D eigenvalue weighted by molar-refractivity contribution is 5.91. The molecule has 5 nitrogen and oxygen atoms in total. The fourth-order valence-corrected chi connectivity index (χ4v) is 2.21. The number of carbonyl (C=O) groups is 2. The fourth-order valence-electron chi connectivity index (χ4n) is 2.21. The lowest BCUT2D eigenvalue weighted by Crippen LogP contribution is -2.20. The zero-order valence-corrected chi connectivity index (χ0v) is 11.6. The van der Waals surface area contributed by atoms with Crippen LogP contribution in [0, 0.1) is 0 Å². The molecule has 1 amide bonds. The maximum absolute atomic E-state index is 11.7. The first kappa shape index (κ1) is 14.4. The minimum absolute atomic E-state index is 0.0359. The second kappa shape index (κ2) is 6.93. The number of benzene rings is 1. The van der Waals surface area contributed by atoms with Gasteiger partial charge in [-0.05, 0) is 56.9 Å². The summed E-state index contributed by atoms with van der Waals surface area (Å²) >= 11 is 0. The van der Waals surface area contributed by atoms with Crippen molar-refractivity contribution < 1.29 is 19.1 Å². The van der Waals surface area contributed by atoms with E-state index in [0.717, 1.165) is 25.7 Å². The molecule has 0 spiro atoms. The number of amides is 1. The van der Waals surface area contributed by atoms with Crippen LogP contribution in [-0.4, -0.2) is 24.8 Å². The zero-order valence-electron chi connectivity index (χ0n) is 11.6. The van der Waals surface area contributed by atoms with E-state index in [0.29, 0.717) is 17.9 Å². The molecule has 2 rings (SSSR count). The average molecular weight is 277 g/mol. The molecule has 1 saturated carbocycles. The van der Waals surface area contributed by atoms with Gasteiger partial charge in [-0.2, -0.15) is 0 Å². The highest BCUT2D eigenvalue weighted by Crippen LogP contribution is 2.21. The number of hydrogen-bond donors (Lipinski definition) is 1. The zero-order chi connectivity index (χ0) is 14.4. The summed E-state index contributed by atoms with van der Waals surface area (Å²) in [5, 5.41) is 2.65. The van der Waals surface area contributed by atoms with Crippen LogP contribution in [0.15, 0.2) is 24.3 Å². The minimum Gasteiger partial charge on any atom is -0.462 e. The first-order valence-corrected chi connectivity index (χ1v) is 6.94. The summed E-state index contributed by atoms with van der Waals surface area (Å²) in [5.41, 5.74) is 1.06. The summed E-state index contributed by atoms with van der Waals surface area (Å²) in [6, 6.07) is 6.54. The van der Waals surface area contributed by atoms with Gasteiger partial charge in [-0.25, -0.2) is 9.59 Å². The summed E-state index contributed by atoms with van der Waals surface area (Å²) in [6.45, 7) is 2.10. The Labute approximate surface area is 118 Å². The lowest BCUT2D eigenvalue weighted by Gasteiger charge is -2.12. The monoisotopic (exact) mass is 277 g/mol. The Balaban J connectivity index is 1.86. The van der Waals surface area contributed by atoms with Gasteiger partial charge >= 0.3 is 12.1 Å². The highest BCUT2D eigenvalue weighted by atomic mass is 16.6. The molecule has 1 aromatic carbocycles. The van der Waals surface area contributed by atoms with E-state index in [4.69, 9.17) is 9.47 Å². The summed E-state index contributed by atoms with van der Waals surface area (Å²) in [7, 11) is 0. The van der Waals surface area contributed by atoms with Crippen LogP contribution < -0.4 is 5.32 Å². The Kier molecular flexibility index (Phi) is 4.98. The summed E-state index contributed by atoms with van der Waals surface area (Å²) < 4.78 is 10.2. The van der Waals surface area contributed by atoms with Crippen LogP contribution >= 0.6 is 0 Å². The minimum atomic E-state index is -0.444. The topological polar surface area (TPSA) is 64.6 Å². The smallest absolute Gasteiger partial charge is 0.411 e. The first-order chi connectivity index (χ1) is 9.69. The third-order valence-corrected chi connectivity index (χ3v) is 3.22. The Morgan fingerprint density at radius 2 is 1.85 bits per heavy atom. The predicted octanol–water partition coefficient (Wildman–Crippen LogP) is 3.35. The molecular weight excluding hydrogens is 258 g/mol. The van der Waals surface area contributed by atoms with Crippen LogP contribution in [-0.2, 0) is 9.47 Å². The Bertz CT molecular complexity index is 463. The molecular formula is C15H19NO4. The molecule has 0 atom stereocenters. The Morgan fingerprint density at radius 1 is 1.20 bits per heavy atom. The molecule has 1 N–H and O–H groups in total. The van der Waals surface area contributed by atoms with Gasteiger partial charge in [0.2, 0.25) is 0 Å². The molecule has 0 bridgehead atoms. The lowest BCUT2D eigenvalue weighted by molar-refractivity contribution is 0.0526. The number of hydrogen-bond acceptors (Lipinski definition) is 4.